The van der Waals surface area contributed by atoms with Gasteiger partial charge in [0.05, 0.1) is 13.7 Å². The molecular weight excluding hydrogens is 234 g/mol. The Morgan fingerprint density at radius 1 is 1.44 bits per heavy atom. The van der Waals surface area contributed by atoms with Gasteiger partial charge in [0.2, 0.25) is 0 Å². The molecule has 1 amide bonds. The van der Waals surface area contributed by atoms with Crippen molar-refractivity contribution in [3.8, 4) is 11.5 Å². The minimum atomic E-state index is -0.279. The average molecular weight is 253 g/mol. The maximum absolute atomic E-state index is 11.5. The van der Waals surface area contributed by atoms with Crippen LogP contribution in [0.3, 0.4) is 0 Å². The lowest BCUT2D eigenvalue weighted by molar-refractivity contribution is -0.124. The Labute approximate surface area is 107 Å². The van der Waals surface area contributed by atoms with Crippen molar-refractivity contribution in [2.75, 3.05) is 20.3 Å². The zero-order chi connectivity index (χ0) is 13.5. The molecule has 0 saturated heterocycles. The molecule has 18 heavy (non-hydrogen) atoms. The number of ether oxygens (including phenoxy) is 2. The highest BCUT2D eigenvalue weighted by Crippen LogP contribution is 2.27. The fraction of sp³-hybridized carbons (Fsp3) is 0.462. The van der Waals surface area contributed by atoms with Gasteiger partial charge in [-0.15, -0.1) is 0 Å². The van der Waals surface area contributed by atoms with Gasteiger partial charge in [0.25, 0.3) is 5.91 Å². The number of hydrogen-bond donors (Lipinski definition) is 2. The van der Waals surface area contributed by atoms with Crippen molar-refractivity contribution < 1.29 is 19.4 Å². The van der Waals surface area contributed by atoms with Crippen LogP contribution in [0.4, 0.5) is 0 Å². The van der Waals surface area contributed by atoms with E-state index in [9.17, 15) is 4.79 Å². The van der Waals surface area contributed by atoms with Crippen LogP contribution in [0.15, 0.2) is 18.2 Å². The highest BCUT2D eigenvalue weighted by atomic mass is 16.5. The average Bonchev–Trinajstić information content (AvgIpc) is 2.36. The zero-order valence-corrected chi connectivity index (χ0v) is 10.9. The van der Waals surface area contributed by atoms with Crippen LogP contribution in [-0.4, -0.2) is 37.4 Å². The fourth-order valence-corrected chi connectivity index (χ4v) is 1.40. The van der Waals surface area contributed by atoms with Gasteiger partial charge in [0.1, 0.15) is 0 Å². The number of methoxy groups -OCH3 is 1. The molecule has 0 fully saturated rings. The molecule has 0 radical (unpaired) electrons. The molecule has 1 unspecified atom stereocenters. The first-order valence-corrected chi connectivity index (χ1v) is 5.74. The molecule has 0 spiro atoms. The summed E-state index contributed by atoms with van der Waals surface area (Å²) in [7, 11) is 1.55. The largest absolute Gasteiger partial charge is 0.493 e. The van der Waals surface area contributed by atoms with Crippen molar-refractivity contribution in [2.24, 2.45) is 0 Å². The maximum atomic E-state index is 11.5. The minimum absolute atomic E-state index is 0.0976. The van der Waals surface area contributed by atoms with E-state index in [-0.39, 0.29) is 25.2 Å². The molecule has 0 aromatic heterocycles. The number of benzene rings is 1. The van der Waals surface area contributed by atoms with Crippen LogP contribution in [0.2, 0.25) is 0 Å². The summed E-state index contributed by atoms with van der Waals surface area (Å²) in [4.78, 5) is 11.5. The highest BCUT2D eigenvalue weighted by molar-refractivity contribution is 5.77. The van der Waals surface area contributed by atoms with E-state index in [4.69, 9.17) is 14.6 Å². The molecule has 1 atom stereocenters. The van der Waals surface area contributed by atoms with Gasteiger partial charge in [-0.25, -0.2) is 0 Å². The minimum Gasteiger partial charge on any atom is -0.493 e. The number of carbonyl (C=O) groups excluding carboxylic acids is 1. The number of aryl methyl sites for hydroxylation is 1. The van der Waals surface area contributed by atoms with Crippen LogP contribution in [0.5, 0.6) is 11.5 Å². The summed E-state index contributed by atoms with van der Waals surface area (Å²) in [5.41, 5.74) is 1.05. The number of carbonyl (C=O) groups is 1. The van der Waals surface area contributed by atoms with Crippen molar-refractivity contribution in [1.29, 1.82) is 0 Å². The molecule has 5 heteroatoms. The van der Waals surface area contributed by atoms with Gasteiger partial charge in [-0.2, -0.15) is 0 Å². The Balaban J connectivity index is 2.55. The summed E-state index contributed by atoms with van der Waals surface area (Å²) in [6.07, 6.45) is 0. The molecule has 0 saturated carbocycles. The first kappa shape index (κ1) is 14.3. The molecule has 0 aliphatic heterocycles. The molecule has 2 N–H and O–H groups in total. The van der Waals surface area contributed by atoms with Crippen LogP contribution in [0.1, 0.15) is 12.5 Å². The van der Waals surface area contributed by atoms with Gasteiger partial charge in [-0.05, 0) is 31.5 Å². The van der Waals surface area contributed by atoms with Gasteiger partial charge in [0.15, 0.2) is 18.1 Å². The number of amides is 1. The number of aliphatic hydroxyl groups excluding tert-OH is 1. The van der Waals surface area contributed by atoms with E-state index in [0.717, 1.165) is 5.56 Å². The summed E-state index contributed by atoms with van der Waals surface area (Å²) >= 11 is 0. The van der Waals surface area contributed by atoms with Crippen LogP contribution in [0.25, 0.3) is 0 Å². The second-order valence-corrected chi connectivity index (χ2v) is 4.09. The Kier molecular flexibility index (Phi) is 5.45. The summed E-state index contributed by atoms with van der Waals surface area (Å²) in [5, 5.41) is 11.4. The molecule has 0 bridgehead atoms. The Bertz CT molecular complexity index is 406. The van der Waals surface area contributed by atoms with Gasteiger partial charge in [-0.1, -0.05) is 6.07 Å². The van der Waals surface area contributed by atoms with Crippen LogP contribution in [-0.2, 0) is 4.79 Å². The van der Waals surface area contributed by atoms with Crippen LogP contribution < -0.4 is 14.8 Å². The normalized spacial score (nSPS) is 11.8. The molecule has 1 aromatic rings. The molecule has 0 aliphatic rings. The Hall–Kier alpha value is -1.75. The Morgan fingerprint density at radius 2 is 2.17 bits per heavy atom. The monoisotopic (exact) mass is 253 g/mol. The van der Waals surface area contributed by atoms with E-state index in [1.54, 1.807) is 20.1 Å². The first-order chi connectivity index (χ1) is 8.56. The van der Waals surface area contributed by atoms with Crippen LogP contribution >= 0.6 is 0 Å². The summed E-state index contributed by atoms with van der Waals surface area (Å²) in [5.74, 6) is 0.840. The summed E-state index contributed by atoms with van der Waals surface area (Å²) < 4.78 is 10.5. The fourth-order valence-electron chi connectivity index (χ4n) is 1.40. The first-order valence-electron chi connectivity index (χ1n) is 5.74. The number of aliphatic hydroxyl groups is 1. The third-order valence-electron chi connectivity index (χ3n) is 2.36. The smallest absolute Gasteiger partial charge is 0.258 e. The lowest BCUT2D eigenvalue weighted by atomic mass is 10.2. The summed E-state index contributed by atoms with van der Waals surface area (Å²) in [6, 6.07) is 5.20. The molecular formula is C13H19NO4. The second kappa shape index (κ2) is 6.86. The van der Waals surface area contributed by atoms with Crippen LogP contribution in [0, 0.1) is 6.92 Å². The quantitative estimate of drug-likeness (QED) is 0.789. The van der Waals surface area contributed by atoms with Crippen molar-refractivity contribution in [3.05, 3.63) is 23.8 Å². The molecule has 0 aliphatic carbocycles. The molecule has 100 valence electrons. The lowest BCUT2D eigenvalue weighted by Gasteiger charge is -2.13. The Morgan fingerprint density at radius 3 is 2.78 bits per heavy atom. The van der Waals surface area contributed by atoms with Gasteiger partial charge in [-0.3, -0.25) is 4.79 Å². The molecule has 1 aromatic carbocycles. The lowest BCUT2D eigenvalue weighted by Crippen LogP contribution is -2.38. The molecule has 0 heterocycles. The SMILES string of the molecule is COc1cc(C)ccc1OCC(=O)NC(C)CO. The predicted molar refractivity (Wildman–Crippen MR) is 67.9 cm³/mol. The van der Waals surface area contributed by atoms with Crippen molar-refractivity contribution in [1.82, 2.24) is 5.32 Å². The third kappa shape index (κ3) is 4.25. The maximum Gasteiger partial charge on any atom is 0.258 e. The zero-order valence-electron chi connectivity index (χ0n) is 10.9. The topological polar surface area (TPSA) is 67.8 Å². The van der Waals surface area contributed by atoms with E-state index in [1.165, 1.54) is 0 Å². The highest BCUT2D eigenvalue weighted by Gasteiger charge is 2.09. The van der Waals surface area contributed by atoms with E-state index in [1.807, 2.05) is 19.1 Å². The van der Waals surface area contributed by atoms with Gasteiger partial charge in [0, 0.05) is 6.04 Å². The van der Waals surface area contributed by atoms with E-state index < -0.39 is 0 Å². The van der Waals surface area contributed by atoms with Crippen molar-refractivity contribution in [2.45, 2.75) is 19.9 Å². The molecule has 1 rings (SSSR count). The van der Waals surface area contributed by atoms with Crippen molar-refractivity contribution >= 4 is 5.91 Å². The van der Waals surface area contributed by atoms with E-state index >= 15 is 0 Å². The second-order valence-electron chi connectivity index (χ2n) is 4.09. The van der Waals surface area contributed by atoms with E-state index in [2.05, 4.69) is 5.32 Å². The van der Waals surface area contributed by atoms with E-state index in [0.29, 0.717) is 11.5 Å². The van der Waals surface area contributed by atoms with Gasteiger partial charge < -0.3 is 19.9 Å². The number of nitrogens with one attached hydrogen (secondary N) is 1. The number of rotatable bonds is 6. The third-order valence-corrected chi connectivity index (χ3v) is 2.36. The summed E-state index contributed by atoms with van der Waals surface area (Å²) in [6.45, 7) is 3.45. The van der Waals surface area contributed by atoms with Crippen molar-refractivity contribution in [3.63, 3.8) is 0 Å². The standard InChI is InChI=1S/C13H19NO4/c1-9-4-5-11(12(6-9)17-3)18-8-13(16)14-10(2)7-15/h4-6,10,15H,7-8H2,1-3H3,(H,14,16). The predicted octanol–water partition coefficient (Wildman–Crippen LogP) is 0.879. The van der Waals surface area contributed by atoms with Gasteiger partial charge >= 0.3 is 0 Å². The molecule has 5 nitrogen and oxygen atoms in total. The number of hydrogen-bond acceptors (Lipinski definition) is 4.